The third kappa shape index (κ3) is 4.06. The van der Waals surface area contributed by atoms with Crippen LogP contribution in [0.3, 0.4) is 0 Å². The van der Waals surface area contributed by atoms with E-state index >= 15 is 0 Å². The van der Waals surface area contributed by atoms with Crippen LogP contribution in [0.15, 0.2) is 6.07 Å². The minimum atomic E-state index is 0.682. The van der Waals surface area contributed by atoms with E-state index in [0.29, 0.717) is 6.04 Å². The number of nitrogens with one attached hydrogen (secondary N) is 1. The largest absolute Gasteiger partial charge is 0.373 e. The van der Waals surface area contributed by atoms with Gasteiger partial charge in [0.2, 0.25) is 0 Å². The topological polar surface area (TPSA) is 44.3 Å². The van der Waals surface area contributed by atoms with Crippen molar-refractivity contribution >= 4 is 11.6 Å². The summed E-state index contributed by atoms with van der Waals surface area (Å²) in [7, 11) is 1.92. The number of nitrogens with zero attached hydrogens (tertiary/aromatic N) is 4. The van der Waals surface area contributed by atoms with Gasteiger partial charge in [0.15, 0.2) is 0 Å². The van der Waals surface area contributed by atoms with E-state index in [1.54, 1.807) is 0 Å². The molecule has 1 atom stereocenters. The van der Waals surface area contributed by atoms with Gasteiger partial charge in [0.05, 0.1) is 0 Å². The summed E-state index contributed by atoms with van der Waals surface area (Å²) in [5.41, 5.74) is 0. The quantitative estimate of drug-likeness (QED) is 0.872. The van der Waals surface area contributed by atoms with Crippen LogP contribution in [0.4, 0.5) is 11.6 Å². The average Bonchev–Trinajstić information content (AvgIpc) is 2.54. The molecule has 1 N–H and O–H groups in total. The molecule has 5 heteroatoms. The zero-order valence-electron chi connectivity index (χ0n) is 13.9. The van der Waals surface area contributed by atoms with Crippen LogP contribution in [0.2, 0.25) is 0 Å². The van der Waals surface area contributed by atoms with Gasteiger partial charge in [-0.25, -0.2) is 9.97 Å². The first-order valence-corrected chi connectivity index (χ1v) is 8.22. The normalized spacial score (nSPS) is 17.8. The maximum absolute atomic E-state index is 4.74. The molecule has 1 aromatic heterocycles. The minimum Gasteiger partial charge on any atom is -0.373 e. The predicted molar refractivity (Wildman–Crippen MR) is 89.1 cm³/mol. The molecular formula is C16H29N5. The van der Waals surface area contributed by atoms with Gasteiger partial charge in [-0.15, -0.1) is 0 Å². The molecule has 0 radical (unpaired) electrons. The van der Waals surface area contributed by atoms with Crippen molar-refractivity contribution in [3.8, 4) is 0 Å². The molecule has 0 amide bonds. The molecule has 1 aromatic rings. The van der Waals surface area contributed by atoms with Crippen molar-refractivity contribution in [3.05, 3.63) is 11.9 Å². The van der Waals surface area contributed by atoms with Gasteiger partial charge < -0.3 is 10.2 Å². The summed E-state index contributed by atoms with van der Waals surface area (Å²) in [4.78, 5) is 14.2. The van der Waals surface area contributed by atoms with E-state index in [0.717, 1.165) is 56.5 Å². The van der Waals surface area contributed by atoms with Gasteiger partial charge in [0.1, 0.15) is 17.5 Å². The average molecular weight is 291 g/mol. The Morgan fingerprint density at radius 1 is 1.19 bits per heavy atom. The monoisotopic (exact) mass is 291 g/mol. The van der Waals surface area contributed by atoms with E-state index in [-0.39, 0.29) is 0 Å². The number of anilines is 2. The van der Waals surface area contributed by atoms with Crippen LogP contribution in [0.5, 0.6) is 0 Å². The fourth-order valence-electron chi connectivity index (χ4n) is 2.76. The first-order valence-electron chi connectivity index (χ1n) is 8.22. The molecule has 0 saturated carbocycles. The second kappa shape index (κ2) is 7.59. The number of hydrogen-bond donors (Lipinski definition) is 1. The molecule has 0 spiro atoms. The summed E-state index contributed by atoms with van der Waals surface area (Å²) in [6.45, 7) is 11.1. The third-order valence-corrected chi connectivity index (χ3v) is 4.34. The Hall–Kier alpha value is -1.36. The van der Waals surface area contributed by atoms with E-state index < -0.39 is 0 Å². The van der Waals surface area contributed by atoms with E-state index in [2.05, 4.69) is 46.9 Å². The lowest BCUT2D eigenvalue weighted by Crippen LogP contribution is -2.49. The Morgan fingerprint density at radius 3 is 2.48 bits per heavy atom. The van der Waals surface area contributed by atoms with Crippen LogP contribution in [0.25, 0.3) is 0 Å². The Labute approximate surface area is 128 Å². The number of piperazine rings is 1. The van der Waals surface area contributed by atoms with Crippen LogP contribution < -0.4 is 10.2 Å². The summed E-state index contributed by atoms with van der Waals surface area (Å²) in [6, 6.07) is 2.75. The van der Waals surface area contributed by atoms with Crippen molar-refractivity contribution in [1.82, 2.24) is 14.9 Å². The van der Waals surface area contributed by atoms with Gasteiger partial charge in [-0.1, -0.05) is 13.8 Å². The molecule has 1 fully saturated rings. The van der Waals surface area contributed by atoms with Gasteiger partial charge >= 0.3 is 0 Å². The van der Waals surface area contributed by atoms with Crippen molar-refractivity contribution in [3.63, 3.8) is 0 Å². The smallest absolute Gasteiger partial charge is 0.134 e. The molecular weight excluding hydrogens is 262 g/mol. The van der Waals surface area contributed by atoms with Crippen LogP contribution in [0, 0.1) is 0 Å². The summed E-state index contributed by atoms with van der Waals surface area (Å²) in [5, 5.41) is 3.15. The van der Waals surface area contributed by atoms with Crippen molar-refractivity contribution < 1.29 is 0 Å². The predicted octanol–water partition coefficient (Wildman–Crippen LogP) is 2.39. The van der Waals surface area contributed by atoms with E-state index in [4.69, 9.17) is 4.98 Å². The highest BCUT2D eigenvalue weighted by atomic mass is 15.3. The Kier molecular flexibility index (Phi) is 5.79. The zero-order chi connectivity index (χ0) is 15.2. The standard InChI is InChI=1S/C16H29N5/c1-5-7-14-18-15(17-4)12-16(19-14)21-10-8-20(9-11-21)13(3)6-2/h12-13H,5-11H2,1-4H3,(H,17,18,19). The highest BCUT2D eigenvalue weighted by Crippen LogP contribution is 2.19. The van der Waals surface area contributed by atoms with E-state index in [9.17, 15) is 0 Å². The summed E-state index contributed by atoms with van der Waals surface area (Å²) in [6.07, 6.45) is 3.24. The van der Waals surface area contributed by atoms with Gasteiger partial charge in [-0.3, -0.25) is 4.90 Å². The number of aryl methyl sites for hydroxylation is 1. The lowest BCUT2D eigenvalue weighted by molar-refractivity contribution is 0.192. The SMILES string of the molecule is CCCc1nc(NC)cc(N2CCN(C(C)CC)CC2)n1. The van der Waals surface area contributed by atoms with Crippen LogP contribution in [0.1, 0.15) is 39.4 Å². The molecule has 1 aliphatic rings. The molecule has 5 nitrogen and oxygen atoms in total. The Balaban J connectivity index is 2.07. The first-order chi connectivity index (χ1) is 10.2. The van der Waals surface area contributed by atoms with Crippen molar-refractivity contribution in [2.45, 2.75) is 46.1 Å². The summed E-state index contributed by atoms with van der Waals surface area (Å²) >= 11 is 0. The molecule has 0 bridgehead atoms. The molecule has 2 heterocycles. The van der Waals surface area contributed by atoms with Crippen molar-refractivity contribution in [2.75, 3.05) is 43.4 Å². The van der Waals surface area contributed by atoms with Gasteiger partial charge in [-0.05, 0) is 19.8 Å². The summed E-state index contributed by atoms with van der Waals surface area (Å²) in [5.74, 6) is 2.94. The number of rotatable bonds is 6. The first kappa shape index (κ1) is 16.0. The molecule has 2 rings (SSSR count). The molecule has 21 heavy (non-hydrogen) atoms. The summed E-state index contributed by atoms with van der Waals surface area (Å²) < 4.78 is 0. The van der Waals surface area contributed by atoms with Crippen molar-refractivity contribution in [2.24, 2.45) is 0 Å². The van der Waals surface area contributed by atoms with E-state index in [1.807, 2.05) is 7.05 Å². The lowest BCUT2D eigenvalue weighted by atomic mass is 10.2. The Bertz CT molecular complexity index is 440. The van der Waals surface area contributed by atoms with Gasteiger partial charge in [0, 0.05) is 51.8 Å². The lowest BCUT2D eigenvalue weighted by Gasteiger charge is -2.38. The molecule has 0 aromatic carbocycles. The van der Waals surface area contributed by atoms with Crippen LogP contribution in [-0.4, -0.2) is 54.1 Å². The second-order valence-corrected chi connectivity index (χ2v) is 5.81. The zero-order valence-corrected chi connectivity index (χ0v) is 13.9. The molecule has 0 aliphatic carbocycles. The maximum atomic E-state index is 4.74. The highest BCUT2D eigenvalue weighted by Gasteiger charge is 2.21. The second-order valence-electron chi connectivity index (χ2n) is 5.81. The number of aromatic nitrogens is 2. The molecule has 1 unspecified atom stereocenters. The molecule has 1 aliphatic heterocycles. The number of hydrogen-bond acceptors (Lipinski definition) is 5. The molecule has 118 valence electrons. The fraction of sp³-hybridized carbons (Fsp3) is 0.750. The maximum Gasteiger partial charge on any atom is 0.134 e. The minimum absolute atomic E-state index is 0.682. The Morgan fingerprint density at radius 2 is 1.90 bits per heavy atom. The van der Waals surface area contributed by atoms with E-state index in [1.165, 1.54) is 6.42 Å². The highest BCUT2D eigenvalue weighted by molar-refractivity contribution is 5.49. The van der Waals surface area contributed by atoms with Crippen LogP contribution >= 0.6 is 0 Å². The fourth-order valence-corrected chi connectivity index (χ4v) is 2.76. The van der Waals surface area contributed by atoms with Gasteiger partial charge in [0.25, 0.3) is 0 Å². The van der Waals surface area contributed by atoms with Crippen LogP contribution in [-0.2, 0) is 6.42 Å². The third-order valence-electron chi connectivity index (χ3n) is 4.34. The molecule has 1 saturated heterocycles. The van der Waals surface area contributed by atoms with Gasteiger partial charge in [-0.2, -0.15) is 0 Å². The van der Waals surface area contributed by atoms with Crippen molar-refractivity contribution in [1.29, 1.82) is 0 Å².